The van der Waals surface area contributed by atoms with E-state index in [1.807, 2.05) is 25.2 Å². The van der Waals surface area contributed by atoms with Gasteiger partial charge in [-0.25, -0.2) is 0 Å². The summed E-state index contributed by atoms with van der Waals surface area (Å²) in [7, 11) is 3.64. The number of nitrogens with one attached hydrogen (secondary N) is 1. The monoisotopic (exact) mass is 342 g/mol. The number of carbonyl (C=O) groups is 2. The predicted molar refractivity (Wildman–Crippen MR) is 92.3 cm³/mol. The molecule has 1 N–H and O–H groups in total. The summed E-state index contributed by atoms with van der Waals surface area (Å²) in [5, 5.41) is 6.46. The molecule has 2 aromatic rings. The molecule has 0 bridgehead atoms. The Morgan fingerprint density at radius 3 is 2.76 bits per heavy atom. The second-order valence-electron chi connectivity index (χ2n) is 6.27. The molecule has 0 aliphatic carbocycles. The molecule has 1 aliphatic rings. The lowest BCUT2D eigenvalue weighted by Crippen LogP contribution is -2.49. The normalized spacial score (nSPS) is 18.2. The Kier molecular flexibility index (Phi) is 4.85. The van der Waals surface area contributed by atoms with E-state index >= 15 is 0 Å². The van der Waals surface area contributed by atoms with Crippen molar-refractivity contribution >= 4 is 11.8 Å². The zero-order chi connectivity index (χ0) is 18.0. The predicted octanol–water partition coefficient (Wildman–Crippen LogP) is 1.47. The van der Waals surface area contributed by atoms with Crippen molar-refractivity contribution in [3.63, 3.8) is 0 Å². The third kappa shape index (κ3) is 3.56. The zero-order valence-electron chi connectivity index (χ0n) is 14.7. The van der Waals surface area contributed by atoms with Crippen molar-refractivity contribution in [2.45, 2.75) is 13.0 Å². The Hall–Kier alpha value is -2.67. The minimum atomic E-state index is -0.127. The molecule has 0 saturated carbocycles. The molecule has 0 unspecified atom stereocenters. The smallest absolute Gasteiger partial charge is 0.276 e. The molecule has 3 rings (SSSR count). The fraction of sp³-hybridized carbons (Fsp3) is 0.389. The highest BCUT2D eigenvalue weighted by molar-refractivity contribution is 5.94. The molecule has 2 heterocycles. The molecule has 1 atom stereocenters. The van der Waals surface area contributed by atoms with Crippen LogP contribution in [0.1, 0.15) is 38.2 Å². The highest BCUT2D eigenvalue weighted by Gasteiger charge is 2.30. The molecular weight excluding hydrogens is 320 g/mol. The van der Waals surface area contributed by atoms with Gasteiger partial charge in [0.2, 0.25) is 0 Å². The molecule has 1 aliphatic heterocycles. The largest absolute Gasteiger partial charge is 0.361 e. The average molecular weight is 342 g/mol. The number of piperazine rings is 1. The number of aryl methyl sites for hydroxylation is 1. The minimum absolute atomic E-state index is 0.0234. The molecule has 2 amide bonds. The summed E-state index contributed by atoms with van der Waals surface area (Å²) in [6.07, 6.45) is 0. The number of likely N-dealkylation sites (N-methyl/N-ethyl adjacent to an activating group) is 1. The number of benzene rings is 1. The number of hydrogen-bond acceptors (Lipinski definition) is 5. The molecular formula is C18H22N4O3. The summed E-state index contributed by atoms with van der Waals surface area (Å²) in [4.78, 5) is 28.5. The van der Waals surface area contributed by atoms with Crippen LogP contribution in [0.25, 0.3) is 0 Å². The van der Waals surface area contributed by atoms with Gasteiger partial charge in [0.1, 0.15) is 5.76 Å². The van der Waals surface area contributed by atoms with Gasteiger partial charge in [-0.15, -0.1) is 0 Å². The van der Waals surface area contributed by atoms with Gasteiger partial charge < -0.3 is 14.7 Å². The lowest BCUT2D eigenvalue weighted by atomic mass is 10.00. The van der Waals surface area contributed by atoms with Gasteiger partial charge in [-0.1, -0.05) is 17.3 Å². The quantitative estimate of drug-likeness (QED) is 0.914. The number of amides is 2. The maximum Gasteiger partial charge on any atom is 0.276 e. The van der Waals surface area contributed by atoms with E-state index in [1.54, 1.807) is 31.0 Å². The van der Waals surface area contributed by atoms with Crippen LogP contribution in [0.2, 0.25) is 0 Å². The summed E-state index contributed by atoms with van der Waals surface area (Å²) in [5.41, 5.74) is 1.96. The summed E-state index contributed by atoms with van der Waals surface area (Å²) < 4.78 is 5.01. The lowest BCUT2D eigenvalue weighted by Gasteiger charge is -2.39. The third-order valence-corrected chi connectivity index (χ3v) is 4.54. The van der Waals surface area contributed by atoms with Gasteiger partial charge in [-0.05, 0) is 31.7 Å². The average Bonchev–Trinajstić information content (AvgIpc) is 3.07. The second kappa shape index (κ2) is 7.06. The Bertz CT molecular complexity index is 786. The van der Waals surface area contributed by atoms with E-state index in [-0.39, 0.29) is 17.9 Å². The van der Waals surface area contributed by atoms with E-state index < -0.39 is 0 Å². The molecule has 0 spiro atoms. The van der Waals surface area contributed by atoms with Crippen LogP contribution >= 0.6 is 0 Å². The maximum absolute atomic E-state index is 12.6. The van der Waals surface area contributed by atoms with Gasteiger partial charge in [0.25, 0.3) is 11.8 Å². The van der Waals surface area contributed by atoms with Crippen molar-refractivity contribution in [2.75, 3.05) is 33.7 Å². The Morgan fingerprint density at radius 1 is 1.28 bits per heavy atom. The minimum Gasteiger partial charge on any atom is -0.361 e. The van der Waals surface area contributed by atoms with Gasteiger partial charge in [0, 0.05) is 38.3 Å². The zero-order valence-corrected chi connectivity index (χ0v) is 14.7. The number of rotatable bonds is 3. The Morgan fingerprint density at radius 2 is 2.08 bits per heavy atom. The van der Waals surface area contributed by atoms with E-state index in [0.29, 0.717) is 30.1 Å². The first kappa shape index (κ1) is 17.2. The maximum atomic E-state index is 12.6. The molecule has 7 nitrogen and oxygen atoms in total. The van der Waals surface area contributed by atoms with E-state index in [1.165, 1.54) is 0 Å². The number of nitrogens with zero attached hydrogens (tertiary/aromatic N) is 3. The highest BCUT2D eigenvalue weighted by Crippen LogP contribution is 2.25. The summed E-state index contributed by atoms with van der Waals surface area (Å²) in [6.45, 7) is 3.68. The first-order chi connectivity index (χ1) is 12.0. The molecule has 25 heavy (non-hydrogen) atoms. The van der Waals surface area contributed by atoms with Crippen LogP contribution in [0.3, 0.4) is 0 Å². The molecule has 1 saturated heterocycles. The fourth-order valence-corrected chi connectivity index (χ4v) is 3.08. The van der Waals surface area contributed by atoms with Crippen molar-refractivity contribution in [3.05, 3.63) is 52.9 Å². The van der Waals surface area contributed by atoms with Crippen molar-refractivity contribution < 1.29 is 14.1 Å². The van der Waals surface area contributed by atoms with Crippen molar-refractivity contribution in [2.24, 2.45) is 0 Å². The third-order valence-electron chi connectivity index (χ3n) is 4.54. The van der Waals surface area contributed by atoms with Crippen LogP contribution < -0.4 is 5.32 Å². The Labute approximate surface area is 146 Å². The second-order valence-corrected chi connectivity index (χ2v) is 6.27. The highest BCUT2D eigenvalue weighted by atomic mass is 16.5. The van der Waals surface area contributed by atoms with Gasteiger partial charge in [0.15, 0.2) is 5.69 Å². The van der Waals surface area contributed by atoms with Gasteiger partial charge >= 0.3 is 0 Å². The van der Waals surface area contributed by atoms with Crippen LogP contribution in [0, 0.1) is 6.92 Å². The standard InChI is InChI=1S/C18H22N4O3/c1-12-9-15(20-25-12)18(24)22-8-7-21(3)16(11-22)13-5-4-6-14(10-13)17(23)19-2/h4-6,9-10,16H,7-8,11H2,1-3H3,(H,19,23)/t16-/m1/s1. The molecule has 132 valence electrons. The first-order valence-electron chi connectivity index (χ1n) is 8.24. The first-order valence-corrected chi connectivity index (χ1v) is 8.24. The molecule has 1 aromatic carbocycles. The molecule has 7 heteroatoms. The van der Waals surface area contributed by atoms with E-state index in [0.717, 1.165) is 12.1 Å². The number of hydrogen-bond donors (Lipinski definition) is 1. The summed E-state index contributed by atoms with van der Waals surface area (Å²) >= 11 is 0. The van der Waals surface area contributed by atoms with Gasteiger partial charge in [-0.3, -0.25) is 14.5 Å². The van der Waals surface area contributed by atoms with Crippen LogP contribution in [-0.2, 0) is 0 Å². The summed E-state index contributed by atoms with van der Waals surface area (Å²) in [6, 6.07) is 9.20. The summed E-state index contributed by atoms with van der Waals surface area (Å²) in [5.74, 6) is 0.371. The number of carbonyl (C=O) groups excluding carboxylic acids is 2. The van der Waals surface area contributed by atoms with Gasteiger partial charge in [-0.2, -0.15) is 0 Å². The van der Waals surface area contributed by atoms with Crippen LogP contribution in [0.5, 0.6) is 0 Å². The van der Waals surface area contributed by atoms with Crippen molar-refractivity contribution in [1.82, 2.24) is 20.3 Å². The Balaban J connectivity index is 1.81. The van der Waals surface area contributed by atoms with E-state index in [4.69, 9.17) is 4.52 Å². The van der Waals surface area contributed by atoms with Crippen molar-refractivity contribution in [3.8, 4) is 0 Å². The van der Waals surface area contributed by atoms with Crippen LogP contribution in [0.15, 0.2) is 34.9 Å². The van der Waals surface area contributed by atoms with E-state index in [2.05, 4.69) is 15.4 Å². The number of aromatic nitrogens is 1. The van der Waals surface area contributed by atoms with Crippen LogP contribution in [0.4, 0.5) is 0 Å². The van der Waals surface area contributed by atoms with Crippen LogP contribution in [-0.4, -0.2) is 60.5 Å². The molecule has 1 fully saturated rings. The van der Waals surface area contributed by atoms with E-state index in [9.17, 15) is 9.59 Å². The lowest BCUT2D eigenvalue weighted by molar-refractivity contribution is 0.0536. The SMILES string of the molecule is CNC(=O)c1cccc([C@H]2CN(C(=O)c3cc(C)on3)CCN2C)c1. The molecule has 0 radical (unpaired) electrons. The fourth-order valence-electron chi connectivity index (χ4n) is 3.08. The van der Waals surface area contributed by atoms with Gasteiger partial charge in [0.05, 0.1) is 6.04 Å². The molecule has 1 aromatic heterocycles. The van der Waals surface area contributed by atoms with Crippen molar-refractivity contribution in [1.29, 1.82) is 0 Å². The topological polar surface area (TPSA) is 78.7 Å².